The first-order valence-corrected chi connectivity index (χ1v) is 8.83. The maximum Gasteiger partial charge on any atom is 0.330 e. The fourth-order valence-corrected chi connectivity index (χ4v) is 3.39. The SMILES string of the molecule is COC(=O)/C=C/c1cccc(C2CCCC2)c1OCc1ccccc1. The minimum atomic E-state index is -0.361. The molecule has 2 aromatic rings. The van der Waals surface area contributed by atoms with Crippen molar-refractivity contribution in [2.24, 2.45) is 0 Å². The Labute approximate surface area is 149 Å². The highest BCUT2D eigenvalue weighted by molar-refractivity contribution is 5.87. The molecule has 0 unspecified atom stereocenters. The molecule has 0 heterocycles. The second kappa shape index (κ2) is 8.52. The van der Waals surface area contributed by atoms with Gasteiger partial charge >= 0.3 is 5.97 Å². The Balaban J connectivity index is 1.89. The van der Waals surface area contributed by atoms with Gasteiger partial charge in [-0.1, -0.05) is 61.4 Å². The quantitative estimate of drug-likeness (QED) is 0.543. The van der Waals surface area contributed by atoms with E-state index in [2.05, 4.69) is 18.2 Å². The lowest BCUT2D eigenvalue weighted by atomic mass is 9.94. The molecule has 0 spiro atoms. The summed E-state index contributed by atoms with van der Waals surface area (Å²) in [5, 5.41) is 0. The molecule has 130 valence electrons. The highest BCUT2D eigenvalue weighted by Crippen LogP contribution is 2.40. The minimum absolute atomic E-state index is 0.361. The number of carbonyl (C=O) groups is 1. The van der Waals surface area contributed by atoms with Gasteiger partial charge in [-0.3, -0.25) is 0 Å². The molecule has 1 saturated carbocycles. The molecule has 3 heteroatoms. The summed E-state index contributed by atoms with van der Waals surface area (Å²) in [5.74, 6) is 1.07. The van der Waals surface area contributed by atoms with Crippen LogP contribution in [0.5, 0.6) is 5.75 Å². The predicted molar refractivity (Wildman–Crippen MR) is 99.5 cm³/mol. The Kier molecular flexibility index (Phi) is 5.89. The number of carbonyl (C=O) groups excluding carboxylic acids is 1. The number of esters is 1. The van der Waals surface area contributed by atoms with E-state index in [1.165, 1.54) is 44.4 Å². The maximum atomic E-state index is 11.5. The topological polar surface area (TPSA) is 35.5 Å². The van der Waals surface area contributed by atoms with E-state index >= 15 is 0 Å². The number of benzene rings is 2. The summed E-state index contributed by atoms with van der Waals surface area (Å²) < 4.78 is 10.9. The standard InChI is InChI=1S/C22H24O3/c1-24-21(23)15-14-19-12-7-13-20(18-10-5-6-11-18)22(19)25-16-17-8-3-2-4-9-17/h2-4,7-9,12-15,18H,5-6,10-11,16H2,1H3/b15-14+. The molecule has 0 saturated heterocycles. The van der Waals surface area contributed by atoms with Crippen LogP contribution >= 0.6 is 0 Å². The van der Waals surface area contributed by atoms with Crippen LogP contribution in [-0.4, -0.2) is 13.1 Å². The van der Waals surface area contributed by atoms with E-state index in [0.29, 0.717) is 12.5 Å². The Morgan fingerprint density at radius 1 is 1.08 bits per heavy atom. The van der Waals surface area contributed by atoms with Crippen LogP contribution in [0, 0.1) is 0 Å². The predicted octanol–water partition coefficient (Wildman–Crippen LogP) is 5.11. The van der Waals surface area contributed by atoms with E-state index in [9.17, 15) is 4.79 Å². The highest BCUT2D eigenvalue weighted by Gasteiger charge is 2.22. The van der Waals surface area contributed by atoms with Gasteiger partial charge in [0, 0.05) is 11.6 Å². The third kappa shape index (κ3) is 4.50. The van der Waals surface area contributed by atoms with Crippen molar-refractivity contribution < 1.29 is 14.3 Å². The molecule has 0 radical (unpaired) electrons. The number of ether oxygens (including phenoxy) is 2. The van der Waals surface area contributed by atoms with Crippen molar-refractivity contribution in [2.45, 2.75) is 38.2 Å². The normalized spacial score (nSPS) is 14.8. The first-order valence-electron chi connectivity index (χ1n) is 8.83. The zero-order valence-corrected chi connectivity index (χ0v) is 14.6. The van der Waals surface area contributed by atoms with Crippen LogP contribution in [0.15, 0.2) is 54.6 Å². The molecule has 3 nitrogen and oxygen atoms in total. The molecular formula is C22H24O3. The van der Waals surface area contributed by atoms with Gasteiger partial charge in [-0.25, -0.2) is 4.79 Å². The van der Waals surface area contributed by atoms with E-state index in [1.807, 2.05) is 30.3 Å². The van der Waals surface area contributed by atoms with E-state index < -0.39 is 0 Å². The molecule has 2 aromatic carbocycles. The van der Waals surface area contributed by atoms with Crippen LogP contribution in [0.4, 0.5) is 0 Å². The maximum absolute atomic E-state index is 11.5. The van der Waals surface area contributed by atoms with Crippen LogP contribution in [0.25, 0.3) is 6.08 Å². The highest BCUT2D eigenvalue weighted by atomic mass is 16.5. The minimum Gasteiger partial charge on any atom is -0.488 e. The largest absolute Gasteiger partial charge is 0.488 e. The van der Waals surface area contributed by atoms with Crippen LogP contribution in [-0.2, 0) is 16.1 Å². The average molecular weight is 336 g/mol. The summed E-state index contributed by atoms with van der Waals surface area (Å²) in [4.78, 5) is 11.5. The second-order valence-corrected chi connectivity index (χ2v) is 6.38. The van der Waals surface area contributed by atoms with Crippen LogP contribution in [0.2, 0.25) is 0 Å². The van der Waals surface area contributed by atoms with E-state index in [-0.39, 0.29) is 5.97 Å². The molecule has 3 rings (SSSR count). The Morgan fingerprint density at radius 3 is 2.56 bits per heavy atom. The van der Waals surface area contributed by atoms with Gasteiger partial charge in [0.05, 0.1) is 7.11 Å². The van der Waals surface area contributed by atoms with Crippen molar-refractivity contribution in [1.82, 2.24) is 0 Å². The molecule has 25 heavy (non-hydrogen) atoms. The van der Waals surface area contributed by atoms with Crippen molar-refractivity contribution in [1.29, 1.82) is 0 Å². The van der Waals surface area contributed by atoms with Gasteiger partial charge in [0.2, 0.25) is 0 Å². The molecule has 0 aromatic heterocycles. The number of hydrogen-bond donors (Lipinski definition) is 0. The average Bonchev–Trinajstić information content (AvgIpc) is 3.20. The molecule has 0 aliphatic heterocycles. The van der Waals surface area contributed by atoms with Gasteiger partial charge in [-0.05, 0) is 36.0 Å². The van der Waals surface area contributed by atoms with E-state index in [0.717, 1.165) is 16.9 Å². The molecule has 0 N–H and O–H groups in total. The third-order valence-electron chi connectivity index (χ3n) is 4.70. The molecule has 1 fully saturated rings. The zero-order valence-electron chi connectivity index (χ0n) is 14.6. The molecule has 0 atom stereocenters. The molecule has 0 bridgehead atoms. The summed E-state index contributed by atoms with van der Waals surface area (Å²) in [6, 6.07) is 16.3. The fraction of sp³-hybridized carbons (Fsp3) is 0.318. The Morgan fingerprint density at radius 2 is 1.84 bits per heavy atom. The number of para-hydroxylation sites is 1. The zero-order chi connectivity index (χ0) is 17.5. The van der Waals surface area contributed by atoms with Gasteiger partial charge in [0.25, 0.3) is 0 Å². The lowest BCUT2D eigenvalue weighted by Gasteiger charge is -2.18. The van der Waals surface area contributed by atoms with Crippen LogP contribution in [0.1, 0.15) is 48.3 Å². The lowest BCUT2D eigenvalue weighted by Crippen LogP contribution is -2.03. The summed E-state index contributed by atoms with van der Waals surface area (Å²) >= 11 is 0. The second-order valence-electron chi connectivity index (χ2n) is 6.38. The first kappa shape index (κ1) is 17.3. The third-order valence-corrected chi connectivity index (χ3v) is 4.70. The van der Waals surface area contributed by atoms with Gasteiger partial charge < -0.3 is 9.47 Å². The fourth-order valence-electron chi connectivity index (χ4n) is 3.39. The van der Waals surface area contributed by atoms with Gasteiger partial charge in [-0.2, -0.15) is 0 Å². The van der Waals surface area contributed by atoms with Crippen molar-refractivity contribution in [2.75, 3.05) is 7.11 Å². The number of methoxy groups -OCH3 is 1. The Hall–Kier alpha value is -2.55. The van der Waals surface area contributed by atoms with Crippen LogP contribution < -0.4 is 4.74 Å². The summed E-state index contributed by atoms with van der Waals surface area (Å²) in [7, 11) is 1.38. The smallest absolute Gasteiger partial charge is 0.330 e. The van der Waals surface area contributed by atoms with Gasteiger partial charge in [0.15, 0.2) is 0 Å². The summed E-state index contributed by atoms with van der Waals surface area (Å²) in [6.45, 7) is 0.517. The van der Waals surface area contributed by atoms with Crippen molar-refractivity contribution in [3.8, 4) is 5.75 Å². The summed E-state index contributed by atoms with van der Waals surface area (Å²) in [5.41, 5.74) is 3.30. The van der Waals surface area contributed by atoms with Crippen molar-refractivity contribution in [3.05, 3.63) is 71.3 Å². The van der Waals surface area contributed by atoms with Crippen molar-refractivity contribution >= 4 is 12.0 Å². The van der Waals surface area contributed by atoms with E-state index in [1.54, 1.807) is 6.08 Å². The van der Waals surface area contributed by atoms with Gasteiger partial charge in [0.1, 0.15) is 12.4 Å². The molecule has 0 amide bonds. The number of rotatable bonds is 6. The molecule has 1 aliphatic carbocycles. The number of hydrogen-bond acceptors (Lipinski definition) is 3. The molecular weight excluding hydrogens is 312 g/mol. The summed E-state index contributed by atoms with van der Waals surface area (Å²) in [6.07, 6.45) is 8.17. The lowest BCUT2D eigenvalue weighted by molar-refractivity contribution is -0.134. The van der Waals surface area contributed by atoms with E-state index in [4.69, 9.17) is 9.47 Å². The van der Waals surface area contributed by atoms with Crippen molar-refractivity contribution in [3.63, 3.8) is 0 Å². The van der Waals surface area contributed by atoms with Crippen LogP contribution in [0.3, 0.4) is 0 Å². The van der Waals surface area contributed by atoms with Gasteiger partial charge in [-0.15, -0.1) is 0 Å². The monoisotopic (exact) mass is 336 g/mol. The Bertz CT molecular complexity index is 728. The molecule has 1 aliphatic rings. The first-order chi connectivity index (χ1) is 12.3.